The van der Waals surface area contributed by atoms with E-state index in [1.54, 1.807) is 35.7 Å². The number of aromatic nitrogens is 1. The Balaban J connectivity index is 2.09. The van der Waals surface area contributed by atoms with Crippen molar-refractivity contribution in [2.24, 2.45) is 7.05 Å². The molecule has 3 aromatic rings. The summed E-state index contributed by atoms with van der Waals surface area (Å²) in [5, 5.41) is 4.28. The number of amides is 1. The average molecular weight is 305 g/mol. The van der Waals surface area contributed by atoms with Crippen LogP contribution in [0.15, 0.2) is 53.3 Å². The van der Waals surface area contributed by atoms with Gasteiger partial charge in [0.2, 0.25) is 0 Å². The number of fused-ring (bicyclic) bond motifs is 4. The van der Waals surface area contributed by atoms with Crippen molar-refractivity contribution in [1.29, 1.82) is 0 Å². The van der Waals surface area contributed by atoms with Gasteiger partial charge in [-0.15, -0.1) is 0 Å². The van der Waals surface area contributed by atoms with Gasteiger partial charge in [-0.05, 0) is 30.3 Å². The Hall–Kier alpha value is -3.08. The standard InChI is InChI=1S/C18H15N3O2/c1-20-14-8-9-15-17(12(14)7-10-16(20)22)19-13-6-4-3-5-11(13)18(23)21(15)2/h3-10,19H,1-2H3. The highest BCUT2D eigenvalue weighted by Gasteiger charge is 2.25. The van der Waals surface area contributed by atoms with Crippen LogP contribution in [0.2, 0.25) is 0 Å². The molecule has 0 unspecified atom stereocenters. The van der Waals surface area contributed by atoms with Gasteiger partial charge < -0.3 is 14.8 Å². The van der Waals surface area contributed by atoms with E-state index in [0.717, 1.165) is 28.0 Å². The second-order valence-corrected chi connectivity index (χ2v) is 5.66. The molecule has 5 heteroatoms. The third kappa shape index (κ3) is 1.86. The smallest absolute Gasteiger partial charge is 0.260 e. The molecule has 4 rings (SSSR count). The molecule has 1 aromatic heterocycles. The van der Waals surface area contributed by atoms with Crippen molar-refractivity contribution in [2.45, 2.75) is 0 Å². The topological polar surface area (TPSA) is 54.3 Å². The number of carbonyl (C=O) groups is 1. The third-order valence-corrected chi connectivity index (χ3v) is 4.37. The van der Waals surface area contributed by atoms with Gasteiger partial charge >= 0.3 is 0 Å². The van der Waals surface area contributed by atoms with Crippen LogP contribution in [0.4, 0.5) is 17.1 Å². The molecule has 1 N–H and O–H groups in total. The lowest BCUT2D eigenvalue weighted by Gasteiger charge is -2.19. The fraction of sp³-hybridized carbons (Fsp3) is 0.111. The Morgan fingerprint density at radius 2 is 1.70 bits per heavy atom. The number of aryl methyl sites for hydroxylation is 1. The molecule has 114 valence electrons. The summed E-state index contributed by atoms with van der Waals surface area (Å²) in [6.07, 6.45) is 0. The van der Waals surface area contributed by atoms with Gasteiger partial charge in [-0.3, -0.25) is 9.59 Å². The number of benzene rings is 2. The fourth-order valence-electron chi connectivity index (χ4n) is 3.06. The molecule has 0 bridgehead atoms. The maximum Gasteiger partial charge on any atom is 0.260 e. The average Bonchev–Trinajstić information content (AvgIpc) is 2.67. The van der Waals surface area contributed by atoms with Crippen LogP contribution >= 0.6 is 0 Å². The van der Waals surface area contributed by atoms with E-state index >= 15 is 0 Å². The lowest BCUT2D eigenvalue weighted by Crippen LogP contribution is -2.25. The first kappa shape index (κ1) is 13.6. The molecule has 0 atom stereocenters. The van der Waals surface area contributed by atoms with E-state index in [0.29, 0.717) is 5.56 Å². The van der Waals surface area contributed by atoms with Crippen molar-refractivity contribution in [3.05, 3.63) is 64.4 Å². The quantitative estimate of drug-likeness (QED) is 0.695. The monoisotopic (exact) mass is 305 g/mol. The van der Waals surface area contributed by atoms with Crippen molar-refractivity contribution >= 4 is 33.9 Å². The number of hydrogen-bond donors (Lipinski definition) is 1. The molecule has 5 nitrogen and oxygen atoms in total. The maximum absolute atomic E-state index is 12.7. The Kier molecular flexibility index (Phi) is 2.78. The van der Waals surface area contributed by atoms with Crippen molar-refractivity contribution in [2.75, 3.05) is 17.3 Å². The highest BCUT2D eigenvalue weighted by Crippen LogP contribution is 2.39. The molecule has 0 saturated heterocycles. The van der Waals surface area contributed by atoms with Gasteiger partial charge in [-0.1, -0.05) is 12.1 Å². The summed E-state index contributed by atoms with van der Waals surface area (Å²) < 4.78 is 1.61. The molecule has 1 aliphatic heterocycles. The van der Waals surface area contributed by atoms with Crippen molar-refractivity contribution in [1.82, 2.24) is 4.57 Å². The van der Waals surface area contributed by atoms with E-state index in [1.807, 2.05) is 36.4 Å². The van der Waals surface area contributed by atoms with E-state index in [4.69, 9.17) is 0 Å². The van der Waals surface area contributed by atoms with Gasteiger partial charge in [0.1, 0.15) is 0 Å². The zero-order valence-electron chi connectivity index (χ0n) is 12.8. The molecule has 23 heavy (non-hydrogen) atoms. The molecule has 0 spiro atoms. The number of pyridine rings is 1. The zero-order chi connectivity index (χ0) is 16.1. The fourth-order valence-corrected chi connectivity index (χ4v) is 3.06. The predicted molar refractivity (Wildman–Crippen MR) is 91.6 cm³/mol. The normalized spacial score (nSPS) is 13.3. The summed E-state index contributed by atoms with van der Waals surface area (Å²) in [7, 11) is 3.51. The molecular weight excluding hydrogens is 290 g/mol. The highest BCUT2D eigenvalue weighted by molar-refractivity contribution is 6.16. The van der Waals surface area contributed by atoms with Gasteiger partial charge in [0.05, 0.1) is 28.1 Å². The van der Waals surface area contributed by atoms with E-state index < -0.39 is 0 Å². The molecule has 2 heterocycles. The first-order chi connectivity index (χ1) is 11.1. The largest absolute Gasteiger partial charge is 0.353 e. The lowest BCUT2D eigenvalue weighted by molar-refractivity contribution is 0.0994. The minimum absolute atomic E-state index is 0.0592. The second-order valence-electron chi connectivity index (χ2n) is 5.66. The number of hydrogen-bond acceptors (Lipinski definition) is 3. The van der Waals surface area contributed by atoms with Crippen LogP contribution < -0.4 is 15.8 Å². The van der Waals surface area contributed by atoms with Crippen molar-refractivity contribution in [3.8, 4) is 0 Å². The Bertz CT molecular complexity index is 1020. The molecule has 2 aromatic carbocycles. The van der Waals surface area contributed by atoms with Crippen LogP contribution in [0.3, 0.4) is 0 Å². The summed E-state index contributed by atoms with van der Waals surface area (Å²) in [5.41, 5.74) is 3.78. The number of rotatable bonds is 0. The number of nitrogens with zero attached hydrogens (tertiary/aromatic N) is 2. The molecule has 0 saturated carbocycles. The van der Waals surface area contributed by atoms with Gasteiger partial charge in [-0.25, -0.2) is 0 Å². The minimum atomic E-state index is -0.0593. The molecule has 1 amide bonds. The van der Waals surface area contributed by atoms with E-state index in [9.17, 15) is 9.59 Å². The van der Waals surface area contributed by atoms with Gasteiger partial charge in [0.15, 0.2) is 0 Å². The number of para-hydroxylation sites is 1. The summed E-state index contributed by atoms with van der Waals surface area (Å²) in [4.78, 5) is 26.2. The predicted octanol–water partition coefficient (Wildman–Crippen LogP) is 2.87. The van der Waals surface area contributed by atoms with Gasteiger partial charge in [-0.2, -0.15) is 0 Å². The summed E-state index contributed by atoms with van der Waals surface area (Å²) in [6.45, 7) is 0. The first-order valence-electron chi connectivity index (χ1n) is 7.35. The first-order valence-corrected chi connectivity index (χ1v) is 7.35. The number of carbonyl (C=O) groups excluding carboxylic acids is 1. The molecular formula is C18H15N3O2. The highest BCUT2D eigenvalue weighted by atomic mass is 16.2. The Morgan fingerprint density at radius 3 is 2.52 bits per heavy atom. The third-order valence-electron chi connectivity index (χ3n) is 4.37. The van der Waals surface area contributed by atoms with Crippen molar-refractivity contribution in [3.63, 3.8) is 0 Å². The zero-order valence-corrected chi connectivity index (χ0v) is 12.8. The molecule has 0 radical (unpaired) electrons. The molecule has 1 aliphatic rings. The van der Waals surface area contributed by atoms with Gasteiger partial charge in [0.25, 0.3) is 11.5 Å². The maximum atomic E-state index is 12.7. The van der Waals surface area contributed by atoms with E-state index in [1.165, 1.54) is 0 Å². The van der Waals surface area contributed by atoms with Crippen LogP contribution in [-0.4, -0.2) is 17.5 Å². The SMILES string of the molecule is CN1C(=O)c2ccccc2Nc2c1ccc1c2ccc(=O)n1C. The second kappa shape index (κ2) is 4.71. The lowest BCUT2D eigenvalue weighted by atomic mass is 10.1. The number of nitrogens with one attached hydrogen (secondary N) is 1. The minimum Gasteiger partial charge on any atom is -0.353 e. The van der Waals surface area contributed by atoms with Crippen LogP contribution in [0.1, 0.15) is 10.4 Å². The Morgan fingerprint density at radius 1 is 0.913 bits per heavy atom. The molecule has 0 fully saturated rings. The van der Waals surface area contributed by atoms with E-state index in [-0.39, 0.29) is 11.5 Å². The van der Waals surface area contributed by atoms with Crippen LogP contribution in [0, 0.1) is 0 Å². The van der Waals surface area contributed by atoms with Crippen LogP contribution in [0.25, 0.3) is 10.9 Å². The molecule has 0 aliphatic carbocycles. The summed E-state index contributed by atoms with van der Waals surface area (Å²) >= 11 is 0. The number of anilines is 3. The van der Waals surface area contributed by atoms with Crippen LogP contribution in [0.5, 0.6) is 0 Å². The van der Waals surface area contributed by atoms with Crippen LogP contribution in [-0.2, 0) is 7.05 Å². The Labute approximate surface area is 132 Å². The van der Waals surface area contributed by atoms with E-state index in [2.05, 4.69) is 5.32 Å². The van der Waals surface area contributed by atoms with Crippen molar-refractivity contribution < 1.29 is 4.79 Å². The summed E-state index contributed by atoms with van der Waals surface area (Å²) in [6, 6.07) is 14.5. The summed E-state index contributed by atoms with van der Waals surface area (Å²) in [5.74, 6) is -0.0592. The van der Waals surface area contributed by atoms with Gasteiger partial charge in [0, 0.05) is 25.5 Å².